The maximum Gasteiger partial charge on any atom is 0.142 e. The molecule has 1 aromatic heterocycles. The zero-order valence-corrected chi connectivity index (χ0v) is 11.1. The highest BCUT2D eigenvalue weighted by Crippen LogP contribution is 2.27. The molecular formula is C15H17FN2O. The molecule has 0 fully saturated rings. The molecule has 1 aromatic carbocycles. The largest absolute Gasteiger partial charge is 0.392 e. The van der Waals surface area contributed by atoms with Gasteiger partial charge in [-0.1, -0.05) is 17.7 Å². The first kappa shape index (κ1) is 13.5. The molecule has 0 atom stereocenters. The summed E-state index contributed by atoms with van der Waals surface area (Å²) in [5.41, 5.74) is 2.64. The van der Waals surface area contributed by atoms with Gasteiger partial charge in [0.25, 0.3) is 0 Å². The Kier molecular flexibility index (Phi) is 4.12. The van der Waals surface area contributed by atoms with E-state index in [1.807, 2.05) is 43.0 Å². The Morgan fingerprint density at radius 1 is 1.26 bits per heavy atom. The normalized spacial score (nSPS) is 10.5. The highest BCUT2D eigenvalue weighted by atomic mass is 19.1. The molecule has 0 spiro atoms. The van der Waals surface area contributed by atoms with Crippen molar-refractivity contribution in [3.8, 4) is 0 Å². The lowest BCUT2D eigenvalue weighted by molar-refractivity contribution is 0.281. The Morgan fingerprint density at radius 3 is 2.53 bits per heavy atom. The third kappa shape index (κ3) is 2.90. The van der Waals surface area contributed by atoms with Crippen LogP contribution in [0.1, 0.15) is 18.1 Å². The molecule has 19 heavy (non-hydrogen) atoms. The quantitative estimate of drug-likeness (QED) is 0.917. The second-order valence-corrected chi connectivity index (χ2v) is 4.37. The van der Waals surface area contributed by atoms with Crippen LogP contribution in [0, 0.1) is 12.7 Å². The molecular weight excluding hydrogens is 243 g/mol. The summed E-state index contributed by atoms with van der Waals surface area (Å²) < 4.78 is 13.2. The van der Waals surface area contributed by atoms with Crippen molar-refractivity contribution >= 4 is 11.5 Å². The summed E-state index contributed by atoms with van der Waals surface area (Å²) in [4.78, 5) is 6.06. The summed E-state index contributed by atoms with van der Waals surface area (Å²) in [5.74, 6) is 0.156. The number of aromatic nitrogens is 1. The summed E-state index contributed by atoms with van der Waals surface area (Å²) in [7, 11) is 0. The molecule has 0 aliphatic heterocycles. The minimum Gasteiger partial charge on any atom is -0.392 e. The lowest BCUT2D eigenvalue weighted by atomic mass is 10.2. The Morgan fingerprint density at radius 2 is 1.95 bits per heavy atom. The van der Waals surface area contributed by atoms with Gasteiger partial charge in [-0.25, -0.2) is 9.37 Å². The van der Waals surface area contributed by atoms with Crippen molar-refractivity contribution in [1.29, 1.82) is 0 Å². The summed E-state index contributed by atoms with van der Waals surface area (Å²) in [5, 5.41) is 9.34. The number of aliphatic hydroxyl groups excluding tert-OH is 1. The molecule has 100 valence electrons. The van der Waals surface area contributed by atoms with Crippen molar-refractivity contribution in [2.45, 2.75) is 20.5 Å². The Bertz CT molecular complexity index is 555. The molecule has 3 nitrogen and oxygen atoms in total. The van der Waals surface area contributed by atoms with E-state index in [0.29, 0.717) is 17.9 Å². The van der Waals surface area contributed by atoms with Crippen LogP contribution in [0.15, 0.2) is 36.5 Å². The van der Waals surface area contributed by atoms with E-state index in [9.17, 15) is 9.50 Å². The van der Waals surface area contributed by atoms with E-state index >= 15 is 0 Å². The number of pyridine rings is 1. The third-order valence-corrected chi connectivity index (χ3v) is 3.00. The van der Waals surface area contributed by atoms with Gasteiger partial charge in [0.2, 0.25) is 0 Å². The zero-order chi connectivity index (χ0) is 13.8. The Hall–Kier alpha value is -1.94. The average molecular weight is 260 g/mol. The molecule has 2 rings (SSSR count). The molecule has 0 saturated heterocycles. The molecule has 0 saturated carbocycles. The maximum atomic E-state index is 13.2. The van der Waals surface area contributed by atoms with Crippen molar-refractivity contribution in [3.63, 3.8) is 0 Å². The van der Waals surface area contributed by atoms with Crippen molar-refractivity contribution < 1.29 is 9.50 Å². The molecule has 0 aliphatic rings. The van der Waals surface area contributed by atoms with Gasteiger partial charge in [0.1, 0.15) is 11.6 Å². The minimum atomic E-state index is -0.437. The number of hydrogen-bond donors (Lipinski definition) is 1. The Balaban J connectivity index is 2.44. The van der Waals surface area contributed by atoms with Crippen molar-refractivity contribution in [1.82, 2.24) is 4.98 Å². The number of nitrogens with zero attached hydrogens (tertiary/aromatic N) is 2. The summed E-state index contributed by atoms with van der Waals surface area (Å²) in [6.45, 7) is 4.47. The molecule has 0 amide bonds. The van der Waals surface area contributed by atoms with Crippen LogP contribution < -0.4 is 4.90 Å². The summed E-state index contributed by atoms with van der Waals surface area (Å²) in [6.07, 6.45) is 1.17. The van der Waals surface area contributed by atoms with Crippen LogP contribution in [-0.4, -0.2) is 16.6 Å². The predicted molar refractivity (Wildman–Crippen MR) is 74.0 cm³/mol. The van der Waals surface area contributed by atoms with E-state index in [0.717, 1.165) is 5.69 Å². The van der Waals surface area contributed by atoms with Crippen LogP contribution in [0.5, 0.6) is 0 Å². The first-order valence-corrected chi connectivity index (χ1v) is 6.25. The van der Waals surface area contributed by atoms with Gasteiger partial charge < -0.3 is 10.0 Å². The fourth-order valence-electron chi connectivity index (χ4n) is 2.01. The van der Waals surface area contributed by atoms with Gasteiger partial charge in [-0.3, -0.25) is 0 Å². The number of benzene rings is 1. The van der Waals surface area contributed by atoms with Crippen molar-refractivity contribution in [3.05, 3.63) is 53.5 Å². The van der Waals surface area contributed by atoms with Gasteiger partial charge in [0, 0.05) is 17.8 Å². The molecule has 0 radical (unpaired) electrons. The smallest absolute Gasteiger partial charge is 0.142 e. The van der Waals surface area contributed by atoms with Crippen LogP contribution in [-0.2, 0) is 6.61 Å². The monoisotopic (exact) mass is 260 g/mol. The van der Waals surface area contributed by atoms with Gasteiger partial charge in [0.05, 0.1) is 12.8 Å². The van der Waals surface area contributed by atoms with Gasteiger partial charge in [0.15, 0.2) is 0 Å². The number of rotatable bonds is 4. The van der Waals surface area contributed by atoms with Crippen LogP contribution in [0.4, 0.5) is 15.9 Å². The number of hydrogen-bond acceptors (Lipinski definition) is 3. The number of anilines is 2. The third-order valence-electron chi connectivity index (χ3n) is 3.00. The van der Waals surface area contributed by atoms with Crippen LogP contribution >= 0.6 is 0 Å². The molecule has 4 heteroatoms. The second kappa shape index (κ2) is 5.80. The average Bonchev–Trinajstić information content (AvgIpc) is 2.43. The van der Waals surface area contributed by atoms with Gasteiger partial charge in [-0.05, 0) is 32.0 Å². The van der Waals surface area contributed by atoms with Crippen LogP contribution in [0.2, 0.25) is 0 Å². The number of aryl methyl sites for hydroxylation is 1. The topological polar surface area (TPSA) is 36.4 Å². The standard InChI is InChI=1S/C15H17FN2O/c1-3-18(14-6-4-11(2)5-7-14)15-12(10-19)8-13(16)9-17-15/h4-9,19H,3,10H2,1-2H3. The number of halogens is 1. The SMILES string of the molecule is CCN(c1ccc(C)cc1)c1ncc(F)cc1CO. The van der Waals surface area contributed by atoms with Gasteiger partial charge >= 0.3 is 0 Å². The lowest BCUT2D eigenvalue weighted by Gasteiger charge is -2.24. The second-order valence-electron chi connectivity index (χ2n) is 4.37. The van der Waals surface area contributed by atoms with Crippen molar-refractivity contribution in [2.24, 2.45) is 0 Å². The highest BCUT2D eigenvalue weighted by molar-refractivity contribution is 5.62. The van der Waals surface area contributed by atoms with E-state index in [-0.39, 0.29) is 6.61 Å². The van der Waals surface area contributed by atoms with E-state index in [4.69, 9.17) is 0 Å². The predicted octanol–water partition coefficient (Wildman–Crippen LogP) is 3.18. The molecule has 1 N–H and O–H groups in total. The van der Waals surface area contributed by atoms with E-state index in [2.05, 4.69) is 4.98 Å². The maximum absolute atomic E-state index is 13.2. The molecule has 1 heterocycles. The lowest BCUT2D eigenvalue weighted by Crippen LogP contribution is -2.19. The van der Waals surface area contributed by atoms with E-state index < -0.39 is 5.82 Å². The summed E-state index contributed by atoms with van der Waals surface area (Å²) >= 11 is 0. The fourth-order valence-corrected chi connectivity index (χ4v) is 2.01. The fraction of sp³-hybridized carbons (Fsp3) is 0.267. The molecule has 0 unspecified atom stereocenters. The number of aliphatic hydroxyl groups is 1. The minimum absolute atomic E-state index is 0.234. The van der Waals surface area contributed by atoms with E-state index in [1.54, 1.807) is 0 Å². The molecule has 0 aliphatic carbocycles. The zero-order valence-electron chi connectivity index (χ0n) is 11.1. The first-order chi connectivity index (χ1) is 9.15. The van der Waals surface area contributed by atoms with Crippen molar-refractivity contribution in [2.75, 3.05) is 11.4 Å². The highest BCUT2D eigenvalue weighted by Gasteiger charge is 2.13. The van der Waals surface area contributed by atoms with Gasteiger partial charge in [-0.15, -0.1) is 0 Å². The Labute approximate surface area is 112 Å². The van der Waals surface area contributed by atoms with Crippen LogP contribution in [0.25, 0.3) is 0 Å². The van der Waals surface area contributed by atoms with Crippen LogP contribution in [0.3, 0.4) is 0 Å². The molecule has 2 aromatic rings. The first-order valence-electron chi connectivity index (χ1n) is 6.25. The van der Waals surface area contributed by atoms with E-state index in [1.165, 1.54) is 17.8 Å². The summed E-state index contributed by atoms with van der Waals surface area (Å²) in [6, 6.07) is 9.33. The van der Waals surface area contributed by atoms with Gasteiger partial charge in [-0.2, -0.15) is 0 Å². The molecule has 0 bridgehead atoms.